The van der Waals surface area contributed by atoms with E-state index in [1.165, 1.54) is 24.6 Å². The monoisotopic (exact) mass is 362 g/mol. The quantitative estimate of drug-likeness (QED) is 0.418. The number of hydrogen-bond acceptors (Lipinski definition) is 2. The molecule has 4 heteroatoms. The minimum atomic E-state index is -0.288. The van der Waals surface area contributed by atoms with E-state index < -0.39 is 0 Å². The number of nitrogens with zero attached hydrogens (tertiary/aromatic N) is 2. The highest BCUT2D eigenvalue weighted by atomic mass is 19.1. The highest BCUT2D eigenvalue weighted by Crippen LogP contribution is 2.28. The van der Waals surface area contributed by atoms with Gasteiger partial charge in [-0.2, -0.15) is 0 Å². The van der Waals surface area contributed by atoms with E-state index in [9.17, 15) is 9.18 Å². The first-order valence-electron chi connectivity index (χ1n) is 9.20. The molecule has 0 N–H and O–H groups in total. The molecule has 0 aliphatic heterocycles. The van der Waals surface area contributed by atoms with Gasteiger partial charge in [0.25, 0.3) is 0 Å². The lowest BCUT2D eigenvalue weighted by Crippen LogP contribution is -2.01. The van der Waals surface area contributed by atoms with Gasteiger partial charge in [-0.05, 0) is 67.8 Å². The maximum Gasteiger partial charge on any atom is 0.153 e. The number of allylic oxidation sites excluding steroid dienone is 4. The summed E-state index contributed by atoms with van der Waals surface area (Å²) in [5.74, 6) is 0.340. The van der Waals surface area contributed by atoms with Crippen molar-refractivity contribution in [3.63, 3.8) is 0 Å². The molecule has 0 unspecified atom stereocenters. The van der Waals surface area contributed by atoms with Gasteiger partial charge in [0, 0.05) is 11.3 Å². The van der Waals surface area contributed by atoms with Crippen molar-refractivity contribution < 1.29 is 9.18 Å². The number of halogens is 1. The van der Waals surface area contributed by atoms with Crippen LogP contribution in [0.5, 0.6) is 0 Å². The molecule has 0 fully saturated rings. The van der Waals surface area contributed by atoms with E-state index >= 15 is 0 Å². The molecule has 2 aromatic carbocycles. The molecule has 0 aliphatic carbocycles. The Hall–Kier alpha value is -3.01. The first-order chi connectivity index (χ1) is 13.0. The molecule has 0 saturated heterocycles. The van der Waals surface area contributed by atoms with Gasteiger partial charge in [-0.3, -0.25) is 9.36 Å². The Kier molecular flexibility index (Phi) is 5.65. The second kappa shape index (κ2) is 8.12. The number of carbonyl (C=O) groups excluding carboxylic acids is 1. The fourth-order valence-corrected chi connectivity index (χ4v) is 3.04. The van der Waals surface area contributed by atoms with Crippen LogP contribution in [0, 0.1) is 5.82 Å². The molecule has 1 aromatic heterocycles. The molecule has 0 saturated carbocycles. The maximum absolute atomic E-state index is 13.5. The van der Waals surface area contributed by atoms with Gasteiger partial charge < -0.3 is 0 Å². The Labute approximate surface area is 158 Å². The summed E-state index contributed by atoms with van der Waals surface area (Å²) in [4.78, 5) is 16.6. The van der Waals surface area contributed by atoms with Gasteiger partial charge in [0.15, 0.2) is 5.78 Å². The van der Waals surface area contributed by atoms with Crippen LogP contribution in [0.15, 0.2) is 60.7 Å². The minimum Gasteiger partial charge on any atom is -0.295 e. The molecule has 1 heterocycles. The SMILES string of the molecule is CCC=CC(=CC(C)=O)c1nc2ccc(CC)cc2n1-c1ccc(F)cc1. The van der Waals surface area contributed by atoms with E-state index in [0.717, 1.165) is 35.1 Å². The average molecular weight is 362 g/mol. The van der Waals surface area contributed by atoms with Gasteiger partial charge in [0.1, 0.15) is 11.6 Å². The molecule has 3 rings (SSSR count). The summed E-state index contributed by atoms with van der Waals surface area (Å²) in [6.07, 6.45) is 7.27. The maximum atomic E-state index is 13.5. The number of fused-ring (bicyclic) bond motifs is 1. The van der Waals surface area contributed by atoms with E-state index in [0.29, 0.717) is 5.82 Å². The third kappa shape index (κ3) is 4.05. The predicted molar refractivity (Wildman–Crippen MR) is 108 cm³/mol. The van der Waals surface area contributed by atoms with Crippen LogP contribution in [0.1, 0.15) is 38.6 Å². The number of aromatic nitrogens is 2. The Morgan fingerprint density at radius 1 is 1.15 bits per heavy atom. The third-order valence-corrected chi connectivity index (χ3v) is 4.36. The second-order valence-corrected chi connectivity index (χ2v) is 6.44. The molecule has 27 heavy (non-hydrogen) atoms. The Bertz CT molecular complexity index is 1030. The van der Waals surface area contributed by atoms with Crippen LogP contribution in [0.2, 0.25) is 0 Å². The highest BCUT2D eigenvalue weighted by molar-refractivity contribution is 5.98. The summed E-state index contributed by atoms with van der Waals surface area (Å²) in [7, 11) is 0. The predicted octanol–water partition coefficient (Wildman–Crippen LogP) is 5.67. The van der Waals surface area contributed by atoms with Crippen molar-refractivity contribution in [2.75, 3.05) is 0 Å². The lowest BCUT2D eigenvalue weighted by molar-refractivity contribution is -0.112. The smallest absolute Gasteiger partial charge is 0.153 e. The molecule has 138 valence electrons. The number of imidazole rings is 1. The van der Waals surface area contributed by atoms with Crippen molar-refractivity contribution >= 4 is 22.4 Å². The van der Waals surface area contributed by atoms with Crippen LogP contribution in [-0.2, 0) is 11.2 Å². The normalized spacial score (nSPS) is 12.2. The molecule has 0 amide bonds. The fraction of sp³-hybridized carbons (Fsp3) is 0.217. The Balaban J connectivity index is 2.33. The molecular formula is C23H23FN2O. The summed E-state index contributed by atoms with van der Waals surface area (Å²) in [6.45, 7) is 5.67. The molecule has 0 radical (unpaired) electrons. The van der Waals surface area contributed by atoms with E-state index in [-0.39, 0.29) is 11.6 Å². The number of ketones is 1. The van der Waals surface area contributed by atoms with Crippen LogP contribution in [0.4, 0.5) is 4.39 Å². The number of aryl methyl sites for hydroxylation is 1. The molecular weight excluding hydrogens is 339 g/mol. The summed E-state index contributed by atoms with van der Waals surface area (Å²) >= 11 is 0. The zero-order chi connectivity index (χ0) is 19.4. The van der Waals surface area contributed by atoms with Crippen LogP contribution in [0.25, 0.3) is 22.3 Å². The van der Waals surface area contributed by atoms with Crippen molar-refractivity contribution in [3.05, 3.63) is 77.9 Å². The molecule has 0 aliphatic rings. The van der Waals surface area contributed by atoms with Crippen molar-refractivity contribution in [2.24, 2.45) is 0 Å². The lowest BCUT2D eigenvalue weighted by atomic mass is 10.1. The first-order valence-corrected chi connectivity index (χ1v) is 9.20. The standard InChI is InChI=1S/C23H23FN2O/c1-4-6-7-18(14-16(3)27)23-25-21-13-8-17(5-2)15-22(21)26(23)20-11-9-19(24)10-12-20/h6-15H,4-5H2,1-3H3. The first kappa shape index (κ1) is 18.8. The van der Waals surface area contributed by atoms with E-state index in [4.69, 9.17) is 4.98 Å². The van der Waals surface area contributed by atoms with Crippen molar-refractivity contribution in [3.8, 4) is 5.69 Å². The number of hydrogen-bond donors (Lipinski definition) is 0. The van der Waals surface area contributed by atoms with Crippen molar-refractivity contribution in [2.45, 2.75) is 33.6 Å². The summed E-state index contributed by atoms with van der Waals surface area (Å²) in [6, 6.07) is 12.5. The Morgan fingerprint density at radius 3 is 2.52 bits per heavy atom. The number of benzene rings is 2. The second-order valence-electron chi connectivity index (χ2n) is 6.44. The fourth-order valence-electron chi connectivity index (χ4n) is 3.04. The molecule has 0 bridgehead atoms. The van der Waals surface area contributed by atoms with Crippen LogP contribution in [-0.4, -0.2) is 15.3 Å². The summed E-state index contributed by atoms with van der Waals surface area (Å²) < 4.78 is 15.5. The topological polar surface area (TPSA) is 34.9 Å². The molecule has 3 aromatic rings. The summed E-state index contributed by atoms with van der Waals surface area (Å²) in [5, 5.41) is 0. The minimum absolute atomic E-state index is 0.0438. The van der Waals surface area contributed by atoms with Crippen LogP contribution < -0.4 is 0 Å². The Morgan fingerprint density at radius 2 is 1.89 bits per heavy atom. The van der Waals surface area contributed by atoms with Gasteiger partial charge in [-0.1, -0.05) is 32.1 Å². The lowest BCUT2D eigenvalue weighted by Gasteiger charge is -2.11. The van der Waals surface area contributed by atoms with Crippen molar-refractivity contribution in [1.82, 2.24) is 9.55 Å². The van der Waals surface area contributed by atoms with Gasteiger partial charge in [-0.25, -0.2) is 9.37 Å². The van der Waals surface area contributed by atoms with Crippen LogP contribution in [0.3, 0.4) is 0 Å². The largest absolute Gasteiger partial charge is 0.295 e. The van der Waals surface area contributed by atoms with Crippen molar-refractivity contribution in [1.29, 1.82) is 0 Å². The third-order valence-electron chi connectivity index (χ3n) is 4.36. The van der Waals surface area contributed by atoms with Gasteiger partial charge in [0.2, 0.25) is 0 Å². The zero-order valence-corrected chi connectivity index (χ0v) is 15.9. The summed E-state index contributed by atoms with van der Waals surface area (Å²) in [5.41, 5.74) is 4.52. The van der Waals surface area contributed by atoms with E-state index in [1.54, 1.807) is 18.2 Å². The van der Waals surface area contributed by atoms with Gasteiger partial charge in [-0.15, -0.1) is 0 Å². The average Bonchev–Trinajstić information content (AvgIpc) is 3.04. The molecule has 0 atom stereocenters. The number of carbonyl (C=O) groups is 1. The molecule has 0 spiro atoms. The molecule has 3 nitrogen and oxygen atoms in total. The van der Waals surface area contributed by atoms with Gasteiger partial charge >= 0.3 is 0 Å². The zero-order valence-electron chi connectivity index (χ0n) is 15.9. The highest BCUT2D eigenvalue weighted by Gasteiger charge is 2.16. The number of rotatable bonds is 6. The van der Waals surface area contributed by atoms with E-state index in [1.807, 2.05) is 29.7 Å². The van der Waals surface area contributed by atoms with E-state index in [2.05, 4.69) is 19.1 Å². The van der Waals surface area contributed by atoms with Crippen LogP contribution >= 0.6 is 0 Å². The van der Waals surface area contributed by atoms with Gasteiger partial charge in [0.05, 0.1) is 11.0 Å².